The third kappa shape index (κ3) is 4.33. The molecule has 1 N–H and O–H groups in total. The molecule has 0 spiro atoms. The van der Waals surface area contributed by atoms with Crippen molar-refractivity contribution < 1.29 is 14.6 Å². The highest BCUT2D eigenvalue weighted by atomic mass is 16.5. The molecule has 0 heterocycles. The van der Waals surface area contributed by atoms with Gasteiger partial charge in [-0.3, -0.25) is 4.79 Å². The number of anilines is 1. The summed E-state index contributed by atoms with van der Waals surface area (Å²) < 4.78 is 5.55. The Morgan fingerprint density at radius 1 is 1.04 bits per heavy atom. The lowest BCUT2D eigenvalue weighted by Gasteiger charge is -2.28. The largest absolute Gasteiger partial charge is 0.490 e. The number of ether oxygens (including phenoxy) is 1. The summed E-state index contributed by atoms with van der Waals surface area (Å²) in [4.78, 5) is 14.0. The fourth-order valence-electron chi connectivity index (χ4n) is 2.17. The number of likely N-dealkylation sites (N-methyl/N-ethyl adjacent to an activating group) is 1. The first kappa shape index (κ1) is 17.0. The normalized spacial score (nSPS) is 13.3. The second-order valence-corrected chi connectivity index (χ2v) is 6.08. The van der Waals surface area contributed by atoms with Gasteiger partial charge in [0, 0.05) is 12.7 Å². The van der Waals surface area contributed by atoms with Gasteiger partial charge in [0.15, 0.2) is 5.60 Å². The predicted molar refractivity (Wildman–Crippen MR) is 91.9 cm³/mol. The maximum Gasteiger partial charge on any atom is 0.261 e. The van der Waals surface area contributed by atoms with Crippen LogP contribution < -0.4 is 9.64 Å². The van der Waals surface area contributed by atoms with E-state index in [1.54, 1.807) is 7.05 Å². The van der Waals surface area contributed by atoms with Gasteiger partial charge in [0.05, 0.1) is 0 Å². The Labute approximate surface area is 137 Å². The fraction of sp³-hybridized carbons (Fsp3) is 0.316. The SMILES string of the molecule is Cc1ccc(OC[C@](C)(O)C(=O)N(C)c2ccc(C)cc2)cc1. The van der Waals surface area contributed by atoms with Gasteiger partial charge in [-0.2, -0.15) is 0 Å². The second kappa shape index (κ2) is 6.84. The third-order valence-electron chi connectivity index (χ3n) is 3.73. The first-order valence-corrected chi connectivity index (χ1v) is 7.56. The maximum atomic E-state index is 12.5. The predicted octanol–water partition coefficient (Wildman–Crippen LogP) is 3.10. The lowest BCUT2D eigenvalue weighted by Crippen LogP contribution is -2.49. The van der Waals surface area contributed by atoms with E-state index in [1.807, 2.05) is 62.4 Å². The van der Waals surface area contributed by atoms with E-state index >= 15 is 0 Å². The summed E-state index contributed by atoms with van der Waals surface area (Å²) in [6.45, 7) is 5.33. The Bertz CT molecular complexity index is 660. The molecule has 23 heavy (non-hydrogen) atoms. The van der Waals surface area contributed by atoms with Crippen LogP contribution in [0.25, 0.3) is 0 Å². The zero-order valence-electron chi connectivity index (χ0n) is 14.0. The molecule has 0 radical (unpaired) electrons. The smallest absolute Gasteiger partial charge is 0.261 e. The van der Waals surface area contributed by atoms with Crippen LogP contribution in [0.4, 0.5) is 5.69 Å². The van der Waals surface area contributed by atoms with Crippen LogP contribution >= 0.6 is 0 Å². The molecule has 2 aromatic rings. The van der Waals surface area contributed by atoms with Crippen LogP contribution in [0.5, 0.6) is 5.75 Å². The molecule has 0 unspecified atom stereocenters. The summed E-state index contributed by atoms with van der Waals surface area (Å²) in [6, 6.07) is 15.0. The molecule has 2 aromatic carbocycles. The number of benzene rings is 2. The molecule has 1 atom stereocenters. The Balaban J connectivity index is 2.03. The molecule has 4 heteroatoms. The van der Waals surface area contributed by atoms with Crippen molar-refractivity contribution >= 4 is 11.6 Å². The van der Waals surface area contributed by atoms with Gasteiger partial charge in [0.2, 0.25) is 0 Å². The van der Waals surface area contributed by atoms with Crippen molar-refractivity contribution in [2.24, 2.45) is 0 Å². The van der Waals surface area contributed by atoms with Gasteiger partial charge in [-0.25, -0.2) is 0 Å². The van der Waals surface area contributed by atoms with Gasteiger partial charge >= 0.3 is 0 Å². The van der Waals surface area contributed by atoms with Crippen LogP contribution in [0.2, 0.25) is 0 Å². The highest BCUT2D eigenvalue weighted by molar-refractivity contribution is 5.98. The molecule has 0 aliphatic rings. The molecule has 0 aliphatic heterocycles. The van der Waals surface area contributed by atoms with Crippen LogP contribution in [0.15, 0.2) is 48.5 Å². The third-order valence-corrected chi connectivity index (χ3v) is 3.73. The van der Waals surface area contributed by atoms with Crippen LogP contribution in [0.3, 0.4) is 0 Å². The lowest BCUT2D eigenvalue weighted by molar-refractivity contribution is -0.137. The molecule has 0 saturated heterocycles. The van der Waals surface area contributed by atoms with Crippen molar-refractivity contribution in [2.75, 3.05) is 18.6 Å². The van der Waals surface area contributed by atoms with Gasteiger partial charge in [-0.05, 0) is 45.0 Å². The van der Waals surface area contributed by atoms with E-state index in [1.165, 1.54) is 11.8 Å². The standard InChI is InChI=1S/C19H23NO3/c1-14-5-9-16(10-6-14)20(4)18(21)19(3,22)13-23-17-11-7-15(2)8-12-17/h5-12,22H,13H2,1-4H3/t19-/m0/s1. The van der Waals surface area contributed by atoms with E-state index < -0.39 is 11.5 Å². The van der Waals surface area contributed by atoms with Crippen LogP contribution in [0, 0.1) is 13.8 Å². The lowest BCUT2D eigenvalue weighted by atomic mass is 10.1. The van der Waals surface area contributed by atoms with Crippen molar-refractivity contribution in [3.05, 3.63) is 59.7 Å². The number of hydrogen-bond donors (Lipinski definition) is 1. The average molecular weight is 313 g/mol. The van der Waals surface area contributed by atoms with Crippen LogP contribution in [-0.2, 0) is 4.79 Å². The number of amides is 1. The minimum atomic E-state index is -1.61. The van der Waals surface area contributed by atoms with Gasteiger partial charge in [0.25, 0.3) is 5.91 Å². The summed E-state index contributed by atoms with van der Waals surface area (Å²) in [6.07, 6.45) is 0. The van der Waals surface area contributed by atoms with Gasteiger partial charge in [0.1, 0.15) is 12.4 Å². The molecule has 0 saturated carbocycles. The topological polar surface area (TPSA) is 49.8 Å². The van der Waals surface area contributed by atoms with E-state index in [0.29, 0.717) is 5.75 Å². The minimum Gasteiger partial charge on any atom is -0.490 e. The summed E-state index contributed by atoms with van der Waals surface area (Å²) in [5.74, 6) is 0.218. The fourth-order valence-corrected chi connectivity index (χ4v) is 2.17. The molecule has 122 valence electrons. The number of nitrogens with zero attached hydrogens (tertiary/aromatic N) is 1. The highest BCUT2D eigenvalue weighted by Gasteiger charge is 2.34. The molecule has 0 aromatic heterocycles. The van der Waals surface area contributed by atoms with E-state index in [-0.39, 0.29) is 6.61 Å². The summed E-state index contributed by atoms with van der Waals surface area (Å²) in [7, 11) is 1.65. The molecule has 1 amide bonds. The van der Waals surface area contributed by atoms with Crippen molar-refractivity contribution in [2.45, 2.75) is 26.4 Å². The Morgan fingerprint density at radius 2 is 1.52 bits per heavy atom. The number of aryl methyl sites for hydroxylation is 2. The van der Waals surface area contributed by atoms with E-state index in [9.17, 15) is 9.90 Å². The molecule has 0 fully saturated rings. The van der Waals surface area contributed by atoms with Gasteiger partial charge in [-0.15, -0.1) is 0 Å². The number of carbonyl (C=O) groups is 1. The Kier molecular flexibility index (Phi) is 5.06. The van der Waals surface area contributed by atoms with E-state index in [4.69, 9.17) is 4.74 Å². The zero-order chi connectivity index (χ0) is 17.0. The Hall–Kier alpha value is -2.33. The molecule has 0 aliphatic carbocycles. The van der Waals surface area contributed by atoms with Crippen molar-refractivity contribution in [3.63, 3.8) is 0 Å². The summed E-state index contributed by atoms with van der Waals surface area (Å²) in [5.41, 5.74) is 1.37. The summed E-state index contributed by atoms with van der Waals surface area (Å²) >= 11 is 0. The van der Waals surface area contributed by atoms with Gasteiger partial charge < -0.3 is 14.7 Å². The zero-order valence-corrected chi connectivity index (χ0v) is 14.0. The minimum absolute atomic E-state index is 0.106. The summed E-state index contributed by atoms with van der Waals surface area (Å²) in [5, 5.41) is 10.5. The van der Waals surface area contributed by atoms with E-state index in [0.717, 1.165) is 16.8 Å². The van der Waals surface area contributed by atoms with Gasteiger partial charge in [-0.1, -0.05) is 35.4 Å². The monoisotopic (exact) mass is 313 g/mol. The van der Waals surface area contributed by atoms with Crippen LogP contribution in [-0.4, -0.2) is 30.3 Å². The molecule has 2 rings (SSSR count). The number of hydrogen-bond acceptors (Lipinski definition) is 3. The van der Waals surface area contributed by atoms with Crippen LogP contribution in [0.1, 0.15) is 18.1 Å². The maximum absolute atomic E-state index is 12.5. The molecule has 4 nitrogen and oxygen atoms in total. The quantitative estimate of drug-likeness (QED) is 0.923. The first-order chi connectivity index (χ1) is 10.8. The second-order valence-electron chi connectivity index (χ2n) is 6.08. The molecular weight excluding hydrogens is 290 g/mol. The molecular formula is C19H23NO3. The highest BCUT2D eigenvalue weighted by Crippen LogP contribution is 2.19. The Morgan fingerprint density at radius 3 is 2.04 bits per heavy atom. The first-order valence-electron chi connectivity index (χ1n) is 7.56. The number of aliphatic hydroxyl groups is 1. The van der Waals surface area contributed by atoms with Crippen molar-refractivity contribution in [1.29, 1.82) is 0 Å². The van der Waals surface area contributed by atoms with E-state index in [2.05, 4.69) is 0 Å². The van der Waals surface area contributed by atoms with Crippen molar-refractivity contribution in [3.8, 4) is 5.75 Å². The average Bonchev–Trinajstić information content (AvgIpc) is 2.53. The number of carbonyl (C=O) groups excluding carboxylic acids is 1. The molecule has 0 bridgehead atoms. The number of rotatable bonds is 5. The van der Waals surface area contributed by atoms with Crippen molar-refractivity contribution in [1.82, 2.24) is 0 Å².